The van der Waals surface area contributed by atoms with Crippen LogP contribution in [0.2, 0.25) is 0 Å². The van der Waals surface area contributed by atoms with Gasteiger partial charge < -0.3 is 4.90 Å². The molecule has 13 heavy (non-hydrogen) atoms. The number of rotatable bonds is 5. The molecule has 1 fully saturated rings. The smallest absolute Gasteiger partial charge is 0.00162 e. The zero-order chi connectivity index (χ0) is 9.52. The van der Waals surface area contributed by atoms with Crippen LogP contribution in [0.1, 0.15) is 52.4 Å². The molecule has 0 saturated carbocycles. The van der Waals surface area contributed by atoms with Crippen molar-refractivity contribution in [3.05, 3.63) is 0 Å². The summed E-state index contributed by atoms with van der Waals surface area (Å²) in [5.41, 5.74) is 0. The molecule has 0 bridgehead atoms. The van der Waals surface area contributed by atoms with Crippen LogP contribution in [0.25, 0.3) is 0 Å². The maximum atomic E-state index is 2.65. The first kappa shape index (κ1) is 11.0. The van der Waals surface area contributed by atoms with E-state index in [9.17, 15) is 0 Å². The van der Waals surface area contributed by atoms with Gasteiger partial charge in [-0.25, -0.2) is 0 Å². The van der Waals surface area contributed by atoms with Crippen LogP contribution >= 0.6 is 0 Å². The van der Waals surface area contributed by atoms with Crippen LogP contribution in [-0.2, 0) is 0 Å². The molecule has 0 aromatic rings. The number of nitrogens with zero attached hydrogens (tertiary/aromatic N) is 1. The molecule has 1 atom stereocenters. The van der Waals surface area contributed by atoms with Crippen molar-refractivity contribution >= 4 is 0 Å². The summed E-state index contributed by atoms with van der Waals surface area (Å²) < 4.78 is 0. The molecule has 1 heterocycles. The summed E-state index contributed by atoms with van der Waals surface area (Å²) in [6.07, 6.45) is 8.49. The lowest BCUT2D eigenvalue weighted by molar-refractivity contribution is 0.213. The molecule has 1 aliphatic heterocycles. The monoisotopic (exact) mass is 183 g/mol. The van der Waals surface area contributed by atoms with Crippen LogP contribution in [0.5, 0.6) is 0 Å². The van der Waals surface area contributed by atoms with Crippen LogP contribution in [-0.4, -0.2) is 24.5 Å². The molecule has 1 nitrogen and oxygen atoms in total. The molecule has 0 aromatic carbocycles. The quantitative estimate of drug-likeness (QED) is 0.632. The third-order valence-corrected chi connectivity index (χ3v) is 3.17. The van der Waals surface area contributed by atoms with Crippen molar-refractivity contribution < 1.29 is 0 Å². The van der Waals surface area contributed by atoms with E-state index in [0.717, 1.165) is 5.92 Å². The van der Waals surface area contributed by atoms with E-state index in [2.05, 4.69) is 18.7 Å². The van der Waals surface area contributed by atoms with E-state index < -0.39 is 0 Å². The van der Waals surface area contributed by atoms with Crippen molar-refractivity contribution in [2.45, 2.75) is 52.4 Å². The van der Waals surface area contributed by atoms with E-state index in [1.165, 1.54) is 58.2 Å². The molecule has 0 aliphatic carbocycles. The number of hydrogen-bond acceptors (Lipinski definition) is 1. The van der Waals surface area contributed by atoms with Gasteiger partial charge in [0.25, 0.3) is 0 Å². The second kappa shape index (κ2) is 6.42. The van der Waals surface area contributed by atoms with E-state index in [1.54, 1.807) is 0 Å². The predicted molar refractivity (Wildman–Crippen MR) is 59.0 cm³/mol. The molecule has 1 unspecified atom stereocenters. The topological polar surface area (TPSA) is 3.24 Å². The Bertz CT molecular complexity index is 116. The Hall–Kier alpha value is -0.0400. The van der Waals surface area contributed by atoms with Crippen LogP contribution in [0.15, 0.2) is 0 Å². The van der Waals surface area contributed by atoms with Crippen LogP contribution in [0.3, 0.4) is 0 Å². The molecule has 1 saturated heterocycles. The summed E-state index contributed by atoms with van der Waals surface area (Å²) >= 11 is 0. The van der Waals surface area contributed by atoms with Crippen molar-refractivity contribution in [3.63, 3.8) is 0 Å². The number of likely N-dealkylation sites (tertiary alicyclic amines) is 1. The summed E-state index contributed by atoms with van der Waals surface area (Å²) in [5.74, 6) is 0.937. The molecule has 0 amide bonds. The van der Waals surface area contributed by atoms with Crippen LogP contribution < -0.4 is 0 Å². The maximum absolute atomic E-state index is 2.65. The molecule has 0 radical (unpaired) electrons. The average Bonchev–Trinajstić information content (AvgIpc) is 2.17. The maximum Gasteiger partial charge on any atom is -0.00162 e. The van der Waals surface area contributed by atoms with Gasteiger partial charge in [-0.2, -0.15) is 0 Å². The first-order chi connectivity index (χ1) is 6.33. The zero-order valence-electron chi connectivity index (χ0n) is 9.39. The number of hydrogen-bond donors (Lipinski definition) is 0. The van der Waals surface area contributed by atoms with Crippen molar-refractivity contribution in [3.8, 4) is 0 Å². The van der Waals surface area contributed by atoms with E-state index in [1.807, 2.05) is 0 Å². The van der Waals surface area contributed by atoms with Gasteiger partial charge in [0.15, 0.2) is 0 Å². The highest BCUT2D eigenvalue weighted by Gasteiger charge is 2.10. The van der Waals surface area contributed by atoms with Crippen molar-refractivity contribution in [1.29, 1.82) is 0 Å². The lowest BCUT2D eigenvalue weighted by Crippen LogP contribution is -2.31. The summed E-state index contributed by atoms with van der Waals surface area (Å²) in [5, 5.41) is 0. The summed E-state index contributed by atoms with van der Waals surface area (Å²) in [4.78, 5) is 2.65. The fourth-order valence-electron chi connectivity index (χ4n) is 2.22. The molecular formula is C12H25N. The predicted octanol–water partition coefficient (Wildman–Crippen LogP) is 3.30. The Kier molecular flexibility index (Phi) is 5.45. The minimum atomic E-state index is 0.937. The van der Waals surface area contributed by atoms with E-state index in [0.29, 0.717) is 0 Å². The van der Waals surface area contributed by atoms with Gasteiger partial charge in [0.2, 0.25) is 0 Å². The van der Waals surface area contributed by atoms with Crippen molar-refractivity contribution in [1.82, 2.24) is 4.90 Å². The number of piperidine rings is 1. The third kappa shape index (κ3) is 4.66. The van der Waals surface area contributed by atoms with Gasteiger partial charge in [-0.15, -0.1) is 0 Å². The lowest BCUT2D eigenvalue weighted by atomic mass is 10.0. The summed E-state index contributed by atoms with van der Waals surface area (Å²) in [6.45, 7) is 8.75. The Morgan fingerprint density at radius 1 is 1.08 bits per heavy atom. The highest BCUT2D eigenvalue weighted by Crippen LogP contribution is 2.14. The molecule has 78 valence electrons. The van der Waals surface area contributed by atoms with E-state index in [-0.39, 0.29) is 0 Å². The Balaban J connectivity index is 2.03. The third-order valence-electron chi connectivity index (χ3n) is 3.17. The second-order valence-electron chi connectivity index (χ2n) is 4.58. The van der Waals surface area contributed by atoms with Gasteiger partial charge >= 0.3 is 0 Å². The van der Waals surface area contributed by atoms with Crippen LogP contribution in [0.4, 0.5) is 0 Å². The standard InChI is InChI=1S/C12H25N/c1-3-7-12(2)8-11-13-9-5-4-6-10-13/h12H,3-11H2,1-2H3. The molecular weight excluding hydrogens is 158 g/mol. The molecule has 1 rings (SSSR count). The van der Waals surface area contributed by atoms with Crippen molar-refractivity contribution in [2.75, 3.05) is 19.6 Å². The van der Waals surface area contributed by atoms with Gasteiger partial charge in [-0.3, -0.25) is 0 Å². The Labute approximate surface area is 83.5 Å². The van der Waals surface area contributed by atoms with Gasteiger partial charge in [-0.1, -0.05) is 33.1 Å². The van der Waals surface area contributed by atoms with Gasteiger partial charge in [0, 0.05) is 0 Å². The minimum Gasteiger partial charge on any atom is -0.303 e. The fraction of sp³-hybridized carbons (Fsp3) is 1.00. The summed E-state index contributed by atoms with van der Waals surface area (Å²) in [6, 6.07) is 0. The minimum absolute atomic E-state index is 0.937. The molecule has 0 N–H and O–H groups in total. The SMILES string of the molecule is CCCC(C)CCN1CCCCC1. The Morgan fingerprint density at radius 2 is 1.77 bits per heavy atom. The lowest BCUT2D eigenvalue weighted by Gasteiger charge is -2.27. The largest absolute Gasteiger partial charge is 0.303 e. The average molecular weight is 183 g/mol. The zero-order valence-corrected chi connectivity index (χ0v) is 9.39. The molecule has 1 heteroatoms. The molecule has 0 spiro atoms. The highest BCUT2D eigenvalue weighted by molar-refractivity contribution is 4.65. The van der Waals surface area contributed by atoms with Gasteiger partial charge in [0.05, 0.1) is 0 Å². The van der Waals surface area contributed by atoms with Gasteiger partial charge in [0.1, 0.15) is 0 Å². The first-order valence-electron chi connectivity index (χ1n) is 6.05. The summed E-state index contributed by atoms with van der Waals surface area (Å²) in [7, 11) is 0. The highest BCUT2D eigenvalue weighted by atomic mass is 15.1. The molecule has 0 aromatic heterocycles. The molecule has 1 aliphatic rings. The van der Waals surface area contributed by atoms with E-state index in [4.69, 9.17) is 0 Å². The second-order valence-corrected chi connectivity index (χ2v) is 4.58. The van der Waals surface area contributed by atoms with Gasteiger partial charge in [-0.05, 0) is 44.8 Å². The van der Waals surface area contributed by atoms with E-state index >= 15 is 0 Å². The Morgan fingerprint density at radius 3 is 2.38 bits per heavy atom. The first-order valence-corrected chi connectivity index (χ1v) is 6.05. The fourth-order valence-corrected chi connectivity index (χ4v) is 2.22. The van der Waals surface area contributed by atoms with Crippen LogP contribution in [0, 0.1) is 5.92 Å². The van der Waals surface area contributed by atoms with Crippen molar-refractivity contribution in [2.24, 2.45) is 5.92 Å². The normalized spacial score (nSPS) is 21.7.